The van der Waals surface area contributed by atoms with E-state index in [2.05, 4.69) is 22.5 Å². The maximum Gasteiger partial charge on any atom is 0.321 e. The van der Waals surface area contributed by atoms with Crippen LogP contribution in [0.15, 0.2) is 48.5 Å². The highest BCUT2D eigenvalue weighted by molar-refractivity contribution is 5.94. The summed E-state index contributed by atoms with van der Waals surface area (Å²) < 4.78 is 5.39. The third-order valence-electron chi connectivity index (χ3n) is 4.24. The molecule has 0 radical (unpaired) electrons. The minimum atomic E-state index is -0.0751. The van der Waals surface area contributed by atoms with Gasteiger partial charge in [-0.1, -0.05) is 24.0 Å². The van der Waals surface area contributed by atoms with Crippen molar-refractivity contribution < 1.29 is 14.3 Å². The molecule has 6 nitrogen and oxygen atoms in total. The summed E-state index contributed by atoms with van der Waals surface area (Å²) in [6.07, 6.45) is 0.306. The minimum Gasteiger partial charge on any atom is -0.494 e. The Morgan fingerprint density at radius 1 is 1.18 bits per heavy atom. The molecule has 1 fully saturated rings. The van der Waals surface area contributed by atoms with Gasteiger partial charge in [-0.15, -0.1) is 0 Å². The number of benzene rings is 2. The van der Waals surface area contributed by atoms with Crippen molar-refractivity contribution >= 4 is 17.6 Å². The molecule has 2 aromatic rings. The number of ether oxygens (including phenoxy) is 1. The lowest BCUT2D eigenvalue weighted by Gasteiger charge is -2.13. The Kier molecular flexibility index (Phi) is 6.53. The van der Waals surface area contributed by atoms with E-state index < -0.39 is 0 Å². The van der Waals surface area contributed by atoms with Crippen molar-refractivity contribution in [3.63, 3.8) is 0 Å². The summed E-state index contributed by atoms with van der Waals surface area (Å²) in [6.45, 7) is 4.17. The predicted octanol–water partition coefficient (Wildman–Crippen LogP) is 2.33. The van der Waals surface area contributed by atoms with Crippen LogP contribution in [0.2, 0.25) is 0 Å². The largest absolute Gasteiger partial charge is 0.494 e. The molecule has 0 unspecified atom stereocenters. The lowest BCUT2D eigenvalue weighted by atomic mass is 10.1. The lowest BCUT2D eigenvalue weighted by molar-refractivity contribution is -0.120. The first-order chi connectivity index (χ1) is 13.7. The van der Waals surface area contributed by atoms with Crippen LogP contribution in [0.5, 0.6) is 5.75 Å². The Labute approximate surface area is 164 Å². The monoisotopic (exact) mass is 377 g/mol. The van der Waals surface area contributed by atoms with Gasteiger partial charge >= 0.3 is 6.03 Å². The number of anilines is 1. The van der Waals surface area contributed by atoms with Gasteiger partial charge in [-0.25, -0.2) is 4.79 Å². The van der Waals surface area contributed by atoms with Gasteiger partial charge in [-0.05, 0) is 48.9 Å². The van der Waals surface area contributed by atoms with Gasteiger partial charge in [0.05, 0.1) is 19.6 Å². The van der Waals surface area contributed by atoms with E-state index in [9.17, 15) is 9.59 Å². The van der Waals surface area contributed by atoms with Crippen molar-refractivity contribution in [2.75, 3.05) is 31.1 Å². The van der Waals surface area contributed by atoms with E-state index in [-0.39, 0.29) is 18.5 Å². The van der Waals surface area contributed by atoms with Crippen molar-refractivity contribution in [3.05, 3.63) is 59.7 Å². The van der Waals surface area contributed by atoms with Crippen LogP contribution in [-0.4, -0.2) is 38.2 Å². The standard InChI is InChI=1S/C22H23N3O3/c1-2-28-20-11-7-18(8-12-20)16-21(26)23-13-3-4-17-5-9-19(10-6-17)25-15-14-24-22(25)27/h5-12H,2,13-16H2,1H3,(H,23,26)(H,24,27). The molecule has 0 saturated carbocycles. The molecule has 6 heteroatoms. The van der Waals surface area contributed by atoms with Crippen LogP contribution >= 0.6 is 0 Å². The maximum absolute atomic E-state index is 12.0. The molecule has 1 aliphatic rings. The van der Waals surface area contributed by atoms with Crippen molar-refractivity contribution in [1.82, 2.24) is 10.6 Å². The summed E-state index contributed by atoms with van der Waals surface area (Å²) in [5.41, 5.74) is 2.61. The smallest absolute Gasteiger partial charge is 0.321 e. The second-order valence-electron chi connectivity index (χ2n) is 6.26. The molecule has 2 N–H and O–H groups in total. The molecule has 0 aromatic heterocycles. The van der Waals surface area contributed by atoms with E-state index in [1.807, 2.05) is 55.5 Å². The fourth-order valence-electron chi connectivity index (χ4n) is 2.85. The highest BCUT2D eigenvalue weighted by Gasteiger charge is 2.20. The van der Waals surface area contributed by atoms with Crippen LogP contribution in [0.1, 0.15) is 18.1 Å². The molecule has 3 rings (SSSR count). The molecule has 0 bridgehead atoms. The van der Waals surface area contributed by atoms with Crippen LogP contribution in [0.25, 0.3) is 0 Å². The Balaban J connectivity index is 1.45. The number of amides is 3. The zero-order valence-electron chi connectivity index (χ0n) is 15.8. The SMILES string of the molecule is CCOc1ccc(CC(=O)NCC#Cc2ccc(N3CCNC3=O)cc2)cc1. The third-order valence-corrected chi connectivity index (χ3v) is 4.24. The first-order valence-corrected chi connectivity index (χ1v) is 9.28. The summed E-state index contributed by atoms with van der Waals surface area (Å²) in [7, 11) is 0. The van der Waals surface area contributed by atoms with E-state index in [0.29, 0.717) is 26.1 Å². The average Bonchev–Trinajstić information content (AvgIpc) is 3.13. The van der Waals surface area contributed by atoms with E-state index in [1.54, 1.807) is 4.90 Å². The van der Waals surface area contributed by atoms with E-state index >= 15 is 0 Å². The maximum atomic E-state index is 12.0. The first kappa shape index (κ1) is 19.3. The highest BCUT2D eigenvalue weighted by Crippen LogP contribution is 2.16. The molecule has 2 aromatic carbocycles. The predicted molar refractivity (Wildman–Crippen MR) is 108 cm³/mol. The van der Waals surface area contributed by atoms with Crippen molar-refractivity contribution in [2.45, 2.75) is 13.3 Å². The number of nitrogens with one attached hydrogen (secondary N) is 2. The molecule has 28 heavy (non-hydrogen) atoms. The third kappa shape index (κ3) is 5.27. The zero-order valence-corrected chi connectivity index (χ0v) is 15.8. The number of nitrogens with zero attached hydrogens (tertiary/aromatic N) is 1. The van der Waals surface area contributed by atoms with E-state index in [1.165, 1.54) is 0 Å². The lowest BCUT2D eigenvalue weighted by Crippen LogP contribution is -2.27. The molecule has 144 valence electrons. The van der Waals surface area contributed by atoms with Gasteiger partial charge < -0.3 is 15.4 Å². The Bertz CT molecular complexity index is 880. The molecular formula is C22H23N3O3. The fourth-order valence-corrected chi connectivity index (χ4v) is 2.85. The summed E-state index contributed by atoms with van der Waals surface area (Å²) in [5, 5.41) is 5.57. The van der Waals surface area contributed by atoms with Crippen LogP contribution < -0.4 is 20.3 Å². The van der Waals surface area contributed by atoms with Crippen molar-refractivity contribution in [2.24, 2.45) is 0 Å². The number of carbonyl (C=O) groups is 2. The number of rotatable bonds is 6. The van der Waals surface area contributed by atoms with Gasteiger partial charge in [0, 0.05) is 24.3 Å². The number of hydrogen-bond acceptors (Lipinski definition) is 3. The quantitative estimate of drug-likeness (QED) is 0.759. The molecule has 1 aliphatic heterocycles. The molecule has 0 spiro atoms. The Morgan fingerprint density at radius 2 is 1.93 bits per heavy atom. The van der Waals surface area contributed by atoms with Gasteiger partial charge in [0.1, 0.15) is 5.75 Å². The number of hydrogen-bond donors (Lipinski definition) is 2. The highest BCUT2D eigenvalue weighted by atomic mass is 16.5. The van der Waals surface area contributed by atoms with Crippen LogP contribution in [0.4, 0.5) is 10.5 Å². The second kappa shape index (κ2) is 9.47. The summed E-state index contributed by atoms with van der Waals surface area (Å²) >= 11 is 0. The van der Waals surface area contributed by atoms with Gasteiger partial charge in [-0.3, -0.25) is 9.69 Å². The summed E-state index contributed by atoms with van der Waals surface area (Å²) in [5.74, 6) is 6.69. The summed E-state index contributed by atoms with van der Waals surface area (Å²) in [4.78, 5) is 25.3. The normalized spacial score (nSPS) is 12.8. The van der Waals surface area contributed by atoms with Crippen molar-refractivity contribution in [3.8, 4) is 17.6 Å². The molecule has 1 heterocycles. The van der Waals surface area contributed by atoms with Crippen molar-refractivity contribution in [1.29, 1.82) is 0 Å². The van der Waals surface area contributed by atoms with E-state index in [0.717, 1.165) is 22.6 Å². The Morgan fingerprint density at radius 3 is 2.57 bits per heavy atom. The molecule has 1 saturated heterocycles. The first-order valence-electron chi connectivity index (χ1n) is 9.28. The van der Waals surface area contributed by atoms with Crippen LogP contribution in [0.3, 0.4) is 0 Å². The van der Waals surface area contributed by atoms with Gasteiger partial charge in [-0.2, -0.15) is 0 Å². The van der Waals surface area contributed by atoms with Crippen LogP contribution in [-0.2, 0) is 11.2 Å². The van der Waals surface area contributed by atoms with Gasteiger partial charge in [0.25, 0.3) is 0 Å². The second-order valence-corrected chi connectivity index (χ2v) is 6.26. The molecule has 0 aliphatic carbocycles. The molecule has 3 amide bonds. The van der Waals surface area contributed by atoms with Gasteiger partial charge in [0.15, 0.2) is 0 Å². The van der Waals surface area contributed by atoms with Gasteiger partial charge in [0.2, 0.25) is 5.91 Å². The zero-order chi connectivity index (χ0) is 19.8. The average molecular weight is 377 g/mol. The van der Waals surface area contributed by atoms with E-state index in [4.69, 9.17) is 4.74 Å². The number of urea groups is 1. The van der Waals surface area contributed by atoms with Crippen LogP contribution in [0, 0.1) is 11.8 Å². The Hall–Kier alpha value is -3.46. The molecule has 0 atom stereocenters. The minimum absolute atomic E-state index is 0.0749. The number of carbonyl (C=O) groups excluding carboxylic acids is 2. The molecular weight excluding hydrogens is 354 g/mol. The summed E-state index contributed by atoms with van der Waals surface area (Å²) in [6, 6.07) is 14.9. The topological polar surface area (TPSA) is 70.7 Å². The fraction of sp³-hybridized carbons (Fsp3) is 0.273.